The number of imidazole rings is 1. The number of aromatic nitrogens is 4. The Morgan fingerprint density at radius 1 is 1.13 bits per heavy atom. The van der Waals surface area contributed by atoms with Gasteiger partial charge in [-0.3, -0.25) is 19.2 Å². The predicted octanol–water partition coefficient (Wildman–Crippen LogP) is 1.61. The molecule has 16 heteroatoms. The van der Waals surface area contributed by atoms with E-state index in [1.807, 2.05) is 5.32 Å². The minimum atomic E-state index is -5.14. The van der Waals surface area contributed by atoms with Gasteiger partial charge in [0.25, 0.3) is 0 Å². The van der Waals surface area contributed by atoms with E-state index < -0.39 is 48.6 Å². The zero-order chi connectivity index (χ0) is 27.4. The van der Waals surface area contributed by atoms with Crippen LogP contribution < -0.4 is 16.3 Å². The Labute approximate surface area is 211 Å². The van der Waals surface area contributed by atoms with E-state index in [0.717, 1.165) is 9.13 Å². The summed E-state index contributed by atoms with van der Waals surface area (Å²) in [6, 6.07) is 5.50. The molecule has 0 spiro atoms. The number of benzene rings is 1. The molecule has 3 heterocycles. The lowest BCUT2D eigenvalue weighted by Crippen LogP contribution is -2.54. The average Bonchev–Trinajstić information content (AvgIpc) is 3.42. The molecular formula is C22H20F3N7O6. The van der Waals surface area contributed by atoms with Crippen LogP contribution in [0, 0.1) is 0 Å². The number of hydrogen-bond acceptors (Lipinski definition) is 7. The second-order valence-corrected chi connectivity index (χ2v) is 8.07. The van der Waals surface area contributed by atoms with Gasteiger partial charge in [-0.2, -0.15) is 18.2 Å². The molecule has 200 valence electrons. The Hall–Kier alpha value is -4.73. The number of halogens is 3. The van der Waals surface area contributed by atoms with E-state index in [1.54, 1.807) is 0 Å². The summed E-state index contributed by atoms with van der Waals surface area (Å²) in [5.74, 6) is -2.09. The van der Waals surface area contributed by atoms with Gasteiger partial charge in [0.2, 0.25) is 0 Å². The highest BCUT2D eigenvalue weighted by molar-refractivity contribution is 5.89. The molecule has 0 radical (unpaired) electrons. The maximum absolute atomic E-state index is 13.3. The Balaban J connectivity index is 1.51. The van der Waals surface area contributed by atoms with E-state index in [9.17, 15) is 32.3 Å². The molecule has 0 aliphatic carbocycles. The summed E-state index contributed by atoms with van der Waals surface area (Å²) in [5, 5.41) is 13.2. The first-order valence-electron chi connectivity index (χ1n) is 11.0. The van der Waals surface area contributed by atoms with Crippen molar-refractivity contribution < 1.29 is 37.4 Å². The molecule has 3 N–H and O–H groups in total. The molecule has 0 saturated carbocycles. The lowest BCUT2D eigenvalue weighted by molar-refractivity contribution is -0.196. The molecule has 13 nitrogen and oxygen atoms in total. The van der Waals surface area contributed by atoms with Gasteiger partial charge in [-0.1, -0.05) is 12.1 Å². The van der Waals surface area contributed by atoms with E-state index in [1.165, 1.54) is 55.2 Å². The number of amides is 3. The van der Waals surface area contributed by atoms with Gasteiger partial charge in [0.05, 0.1) is 24.4 Å². The lowest BCUT2D eigenvalue weighted by Gasteiger charge is -2.40. The smallest absolute Gasteiger partial charge is 0.465 e. The van der Waals surface area contributed by atoms with Crippen LogP contribution in [0.2, 0.25) is 0 Å². The van der Waals surface area contributed by atoms with Crippen molar-refractivity contribution in [3.8, 4) is 5.69 Å². The molecule has 1 unspecified atom stereocenters. The van der Waals surface area contributed by atoms with Crippen molar-refractivity contribution >= 4 is 23.8 Å². The number of hydrogen-bond donors (Lipinski definition) is 3. The standard InChI is InChI=1S/C22H20F3N7O6/c23-22(24,25)18(33)32-10-15(9-27-21(36)37)38-11-16(32)13-1-3-14(4-2-13)31-7-5-17(29-20(31)35)28-19(34)30-8-6-26-12-30/h1-8,12,15-16,27H,9-11H2,(H,36,37)(H,28,29,34,35)/t15-,16?/m0/s1. The van der Waals surface area contributed by atoms with Gasteiger partial charge in [0.15, 0.2) is 0 Å². The molecular weight excluding hydrogens is 515 g/mol. The summed E-state index contributed by atoms with van der Waals surface area (Å²) in [7, 11) is 0. The normalized spacial score (nSPS) is 17.6. The SMILES string of the molecule is O=C(O)NC[C@H]1CN(C(=O)C(F)(F)F)C(c2ccc(-n3ccc(NC(=O)n4ccnc4)nc3=O)cc2)CO1. The van der Waals surface area contributed by atoms with Crippen LogP contribution in [0.4, 0.5) is 28.6 Å². The summed E-state index contributed by atoms with van der Waals surface area (Å²) in [5.41, 5.74) is -0.0984. The number of nitrogens with zero attached hydrogens (tertiary/aromatic N) is 5. The quantitative estimate of drug-likeness (QED) is 0.444. The minimum Gasteiger partial charge on any atom is -0.465 e. The third-order valence-corrected chi connectivity index (χ3v) is 5.58. The van der Waals surface area contributed by atoms with Crippen molar-refractivity contribution in [2.24, 2.45) is 0 Å². The summed E-state index contributed by atoms with van der Waals surface area (Å²) in [6.45, 7) is -1.09. The fraction of sp³-hybridized carbons (Fsp3) is 0.273. The third kappa shape index (κ3) is 5.97. The van der Waals surface area contributed by atoms with Crippen molar-refractivity contribution in [2.45, 2.75) is 18.3 Å². The molecule has 4 rings (SSSR count). The van der Waals surface area contributed by atoms with Crippen LogP contribution in [0.15, 0.2) is 60.0 Å². The second kappa shape index (κ2) is 10.7. The van der Waals surface area contributed by atoms with Crippen LogP contribution in [-0.2, 0) is 9.53 Å². The van der Waals surface area contributed by atoms with Gasteiger partial charge in [-0.25, -0.2) is 19.4 Å². The number of morpholine rings is 1. The Morgan fingerprint density at radius 3 is 2.47 bits per heavy atom. The number of alkyl halides is 3. The zero-order valence-electron chi connectivity index (χ0n) is 19.3. The number of carbonyl (C=O) groups is 3. The summed E-state index contributed by atoms with van der Waals surface area (Å²) >= 11 is 0. The topological polar surface area (TPSA) is 161 Å². The van der Waals surface area contributed by atoms with Crippen molar-refractivity contribution in [1.82, 2.24) is 29.3 Å². The van der Waals surface area contributed by atoms with Crippen molar-refractivity contribution in [3.63, 3.8) is 0 Å². The summed E-state index contributed by atoms with van der Waals surface area (Å²) in [6.07, 6.45) is -2.05. The van der Waals surface area contributed by atoms with Gasteiger partial charge in [-0.15, -0.1) is 0 Å². The largest absolute Gasteiger partial charge is 0.471 e. The first kappa shape index (κ1) is 26.3. The molecule has 2 atom stereocenters. The molecule has 1 saturated heterocycles. The van der Waals surface area contributed by atoms with Crippen molar-refractivity contribution in [3.05, 3.63) is 71.3 Å². The van der Waals surface area contributed by atoms with Gasteiger partial charge in [0.1, 0.15) is 12.1 Å². The number of carbonyl (C=O) groups excluding carboxylic acids is 2. The Kier molecular flexibility index (Phi) is 7.43. The van der Waals surface area contributed by atoms with E-state index >= 15 is 0 Å². The monoisotopic (exact) mass is 535 g/mol. The van der Waals surface area contributed by atoms with Crippen LogP contribution in [0.25, 0.3) is 5.69 Å². The average molecular weight is 535 g/mol. The lowest BCUT2D eigenvalue weighted by atomic mass is 10.0. The van der Waals surface area contributed by atoms with Crippen LogP contribution in [0.5, 0.6) is 0 Å². The van der Waals surface area contributed by atoms with Gasteiger partial charge >= 0.3 is 29.9 Å². The van der Waals surface area contributed by atoms with Crippen LogP contribution in [-0.4, -0.2) is 79.1 Å². The number of anilines is 1. The molecule has 3 aromatic rings. The second-order valence-electron chi connectivity index (χ2n) is 8.07. The number of carboxylic acid groups (broad SMARTS) is 1. The summed E-state index contributed by atoms with van der Waals surface area (Å²) in [4.78, 5) is 55.6. The first-order valence-corrected chi connectivity index (χ1v) is 11.0. The van der Waals surface area contributed by atoms with Gasteiger partial charge < -0.3 is 20.1 Å². The Bertz CT molecular complexity index is 1380. The highest BCUT2D eigenvalue weighted by Crippen LogP contribution is 2.31. The molecule has 0 bridgehead atoms. The molecule has 1 aromatic carbocycles. The number of nitrogens with one attached hydrogen (secondary N) is 2. The van der Waals surface area contributed by atoms with Crippen molar-refractivity contribution in [1.29, 1.82) is 0 Å². The van der Waals surface area contributed by atoms with E-state index in [-0.39, 0.29) is 19.0 Å². The number of rotatable bonds is 5. The zero-order valence-corrected chi connectivity index (χ0v) is 19.3. The van der Waals surface area contributed by atoms with E-state index in [2.05, 4.69) is 15.3 Å². The fourth-order valence-electron chi connectivity index (χ4n) is 3.78. The summed E-state index contributed by atoms with van der Waals surface area (Å²) < 4.78 is 47.6. The molecule has 2 aromatic heterocycles. The first-order chi connectivity index (χ1) is 18.0. The van der Waals surface area contributed by atoms with E-state index in [0.29, 0.717) is 16.2 Å². The van der Waals surface area contributed by atoms with Crippen LogP contribution in [0.1, 0.15) is 11.6 Å². The maximum Gasteiger partial charge on any atom is 0.471 e. The van der Waals surface area contributed by atoms with Crippen LogP contribution in [0.3, 0.4) is 0 Å². The van der Waals surface area contributed by atoms with Gasteiger partial charge in [-0.05, 0) is 23.8 Å². The minimum absolute atomic E-state index is 0.00540. The molecule has 1 fully saturated rings. The fourth-order valence-corrected chi connectivity index (χ4v) is 3.78. The molecule has 1 aliphatic heterocycles. The molecule has 3 amide bonds. The molecule has 38 heavy (non-hydrogen) atoms. The van der Waals surface area contributed by atoms with Crippen molar-refractivity contribution in [2.75, 3.05) is 25.0 Å². The van der Waals surface area contributed by atoms with Crippen LogP contribution >= 0.6 is 0 Å². The Morgan fingerprint density at radius 2 is 1.87 bits per heavy atom. The predicted molar refractivity (Wildman–Crippen MR) is 123 cm³/mol. The van der Waals surface area contributed by atoms with E-state index in [4.69, 9.17) is 9.84 Å². The van der Waals surface area contributed by atoms with Gasteiger partial charge in [0, 0.05) is 31.7 Å². The molecule has 1 aliphatic rings. The maximum atomic E-state index is 13.3. The number of ether oxygens (including phenoxy) is 1. The highest BCUT2D eigenvalue weighted by atomic mass is 19.4. The third-order valence-electron chi connectivity index (χ3n) is 5.58. The highest BCUT2D eigenvalue weighted by Gasteiger charge is 2.47.